The van der Waals surface area contributed by atoms with Gasteiger partial charge in [-0.3, -0.25) is 9.59 Å². The molecule has 0 aromatic heterocycles. The Bertz CT molecular complexity index is 791. The highest BCUT2D eigenvalue weighted by Gasteiger charge is 2.46. The lowest BCUT2D eigenvalue weighted by molar-refractivity contribution is -0.133. The second kappa shape index (κ2) is 5.12. The van der Waals surface area contributed by atoms with Gasteiger partial charge in [-0.15, -0.1) is 0 Å². The van der Waals surface area contributed by atoms with Crippen LogP contribution in [-0.2, 0) is 10.4 Å². The number of halogens is 1. The molecule has 1 heterocycles. The van der Waals surface area contributed by atoms with Crippen LogP contribution in [0.25, 0.3) is 0 Å². The number of hydrogen-bond donors (Lipinski definition) is 3. The van der Waals surface area contributed by atoms with E-state index in [1.54, 1.807) is 30.3 Å². The summed E-state index contributed by atoms with van der Waals surface area (Å²) in [5.41, 5.74) is 5.27. The van der Waals surface area contributed by atoms with Gasteiger partial charge in [-0.05, 0) is 30.3 Å². The number of nitrogens with two attached hydrogens (primary N) is 1. The molecule has 1 amide bonds. The SMILES string of the molecule is Nc1cccc(C(=O)C[C@]2(O)C(=O)Nc3ccc(Cl)cc32)c1. The summed E-state index contributed by atoms with van der Waals surface area (Å²) in [5, 5.41) is 13.7. The normalized spacial score (nSPS) is 19.6. The summed E-state index contributed by atoms with van der Waals surface area (Å²) in [6.07, 6.45) is -0.379. The Morgan fingerprint density at radius 1 is 1.27 bits per heavy atom. The van der Waals surface area contributed by atoms with Crippen LogP contribution in [0, 0.1) is 0 Å². The third-order valence-electron chi connectivity index (χ3n) is 3.68. The lowest BCUT2D eigenvalue weighted by atomic mass is 9.88. The van der Waals surface area contributed by atoms with Gasteiger partial charge in [-0.2, -0.15) is 0 Å². The van der Waals surface area contributed by atoms with E-state index in [-0.39, 0.29) is 12.2 Å². The Hall–Kier alpha value is -2.37. The number of amides is 1. The van der Waals surface area contributed by atoms with Crippen LogP contribution in [0.4, 0.5) is 11.4 Å². The van der Waals surface area contributed by atoms with Gasteiger partial charge >= 0.3 is 0 Å². The van der Waals surface area contributed by atoms with E-state index in [2.05, 4.69) is 5.32 Å². The smallest absolute Gasteiger partial charge is 0.261 e. The van der Waals surface area contributed by atoms with Crippen LogP contribution in [0.3, 0.4) is 0 Å². The zero-order chi connectivity index (χ0) is 15.9. The highest BCUT2D eigenvalue weighted by atomic mass is 35.5. The van der Waals surface area contributed by atoms with E-state index >= 15 is 0 Å². The molecule has 4 N–H and O–H groups in total. The van der Waals surface area contributed by atoms with E-state index in [1.165, 1.54) is 12.1 Å². The molecule has 3 rings (SSSR count). The van der Waals surface area contributed by atoms with Crippen LogP contribution >= 0.6 is 11.6 Å². The van der Waals surface area contributed by atoms with Crippen molar-refractivity contribution in [3.05, 3.63) is 58.6 Å². The summed E-state index contributed by atoms with van der Waals surface area (Å²) in [5.74, 6) is -1.01. The molecule has 0 radical (unpaired) electrons. The largest absolute Gasteiger partial charge is 0.399 e. The molecule has 2 aromatic rings. The number of rotatable bonds is 3. The topological polar surface area (TPSA) is 92.4 Å². The standard InChI is InChI=1S/C16H13ClN2O3/c17-10-4-5-13-12(7-10)16(22,15(21)19-13)8-14(20)9-2-1-3-11(18)6-9/h1-7,22H,8,18H2,(H,19,21)/t16-/m1/s1. The second-order valence-corrected chi connectivity index (χ2v) is 5.67. The van der Waals surface area contributed by atoms with Gasteiger partial charge in [-0.25, -0.2) is 0 Å². The Labute approximate surface area is 131 Å². The van der Waals surface area contributed by atoms with Gasteiger partial charge in [0.15, 0.2) is 11.4 Å². The van der Waals surface area contributed by atoms with Crippen molar-refractivity contribution in [3.63, 3.8) is 0 Å². The minimum absolute atomic E-state index is 0.308. The number of carbonyl (C=O) groups is 2. The fourth-order valence-electron chi connectivity index (χ4n) is 2.54. The van der Waals surface area contributed by atoms with Gasteiger partial charge in [0.2, 0.25) is 0 Å². The molecule has 22 heavy (non-hydrogen) atoms. The number of Topliss-reactive ketones (excluding diaryl/α,β-unsaturated/α-hetero) is 1. The first-order chi connectivity index (χ1) is 10.4. The number of anilines is 2. The molecule has 0 bridgehead atoms. The number of nitrogens with one attached hydrogen (secondary N) is 1. The van der Waals surface area contributed by atoms with Crippen molar-refractivity contribution in [3.8, 4) is 0 Å². The third kappa shape index (κ3) is 2.34. The lowest BCUT2D eigenvalue weighted by Crippen LogP contribution is -2.36. The van der Waals surface area contributed by atoms with Crippen molar-refractivity contribution in [2.24, 2.45) is 0 Å². The molecule has 1 atom stereocenters. The molecule has 0 saturated heterocycles. The number of benzene rings is 2. The van der Waals surface area contributed by atoms with Crippen molar-refractivity contribution < 1.29 is 14.7 Å². The Kier molecular flexibility index (Phi) is 3.39. The molecular weight excluding hydrogens is 304 g/mol. The molecular formula is C16H13ClN2O3. The molecule has 1 aliphatic heterocycles. The van der Waals surface area contributed by atoms with Crippen LogP contribution < -0.4 is 11.1 Å². The van der Waals surface area contributed by atoms with Crippen molar-refractivity contribution in [1.82, 2.24) is 0 Å². The molecule has 112 valence electrons. The highest BCUT2D eigenvalue weighted by Crippen LogP contribution is 2.40. The summed E-state index contributed by atoms with van der Waals surface area (Å²) in [6, 6.07) is 11.1. The molecule has 0 aliphatic carbocycles. The number of carbonyl (C=O) groups excluding carboxylic acids is 2. The van der Waals surface area contributed by atoms with Gasteiger partial charge in [0.1, 0.15) is 0 Å². The fraction of sp³-hybridized carbons (Fsp3) is 0.125. The number of ketones is 1. The van der Waals surface area contributed by atoms with Gasteiger partial charge in [0, 0.05) is 27.5 Å². The van der Waals surface area contributed by atoms with E-state index in [0.29, 0.717) is 27.5 Å². The van der Waals surface area contributed by atoms with Crippen LogP contribution in [0.2, 0.25) is 5.02 Å². The minimum Gasteiger partial charge on any atom is -0.399 e. The van der Waals surface area contributed by atoms with Crippen LogP contribution in [0.15, 0.2) is 42.5 Å². The summed E-state index contributed by atoms with van der Waals surface area (Å²) >= 11 is 5.92. The van der Waals surface area contributed by atoms with Gasteiger partial charge < -0.3 is 16.2 Å². The van der Waals surface area contributed by atoms with Crippen LogP contribution in [0.1, 0.15) is 22.3 Å². The van der Waals surface area contributed by atoms with Gasteiger partial charge in [0.25, 0.3) is 5.91 Å². The predicted octanol–water partition coefficient (Wildman–Crippen LogP) is 2.33. The maximum absolute atomic E-state index is 12.4. The second-order valence-electron chi connectivity index (χ2n) is 5.23. The van der Waals surface area contributed by atoms with E-state index in [1.807, 2.05) is 0 Å². The first-order valence-electron chi connectivity index (χ1n) is 6.63. The van der Waals surface area contributed by atoms with E-state index in [4.69, 9.17) is 17.3 Å². The van der Waals surface area contributed by atoms with Gasteiger partial charge in [-0.1, -0.05) is 23.7 Å². The first-order valence-corrected chi connectivity index (χ1v) is 7.00. The van der Waals surface area contributed by atoms with Crippen molar-refractivity contribution >= 4 is 34.7 Å². The monoisotopic (exact) mass is 316 g/mol. The molecule has 0 unspecified atom stereocenters. The first kappa shape index (κ1) is 14.6. The third-order valence-corrected chi connectivity index (χ3v) is 3.91. The molecule has 0 saturated carbocycles. The fourth-order valence-corrected chi connectivity index (χ4v) is 2.71. The molecule has 0 spiro atoms. The minimum atomic E-state index is -1.93. The van der Waals surface area contributed by atoms with Crippen LogP contribution in [-0.4, -0.2) is 16.8 Å². The average Bonchev–Trinajstić information content (AvgIpc) is 2.71. The van der Waals surface area contributed by atoms with E-state index in [0.717, 1.165) is 0 Å². The quantitative estimate of drug-likeness (QED) is 0.598. The lowest BCUT2D eigenvalue weighted by Gasteiger charge is -2.20. The Balaban J connectivity index is 1.96. The summed E-state index contributed by atoms with van der Waals surface area (Å²) in [6.45, 7) is 0. The maximum atomic E-state index is 12.4. The Morgan fingerprint density at radius 2 is 2.05 bits per heavy atom. The molecule has 2 aromatic carbocycles. The number of aliphatic hydroxyl groups is 1. The summed E-state index contributed by atoms with van der Waals surface area (Å²) < 4.78 is 0. The molecule has 5 nitrogen and oxygen atoms in total. The Morgan fingerprint density at radius 3 is 2.77 bits per heavy atom. The van der Waals surface area contributed by atoms with Gasteiger partial charge in [0.05, 0.1) is 6.42 Å². The van der Waals surface area contributed by atoms with Crippen molar-refractivity contribution in [1.29, 1.82) is 0 Å². The predicted molar refractivity (Wildman–Crippen MR) is 83.8 cm³/mol. The summed E-state index contributed by atoms with van der Waals surface area (Å²) in [7, 11) is 0. The van der Waals surface area contributed by atoms with E-state index < -0.39 is 11.5 Å². The van der Waals surface area contributed by atoms with Crippen molar-refractivity contribution in [2.45, 2.75) is 12.0 Å². The summed E-state index contributed by atoms with van der Waals surface area (Å²) in [4.78, 5) is 24.5. The molecule has 1 aliphatic rings. The van der Waals surface area contributed by atoms with Crippen LogP contribution in [0.5, 0.6) is 0 Å². The molecule has 6 heteroatoms. The number of hydrogen-bond acceptors (Lipinski definition) is 4. The highest BCUT2D eigenvalue weighted by molar-refractivity contribution is 6.31. The number of fused-ring (bicyclic) bond motifs is 1. The van der Waals surface area contributed by atoms with Crippen molar-refractivity contribution in [2.75, 3.05) is 11.1 Å². The zero-order valence-electron chi connectivity index (χ0n) is 11.5. The average molecular weight is 317 g/mol. The molecule has 0 fully saturated rings. The number of nitrogen functional groups attached to an aromatic ring is 1. The maximum Gasteiger partial charge on any atom is 0.261 e. The van der Waals surface area contributed by atoms with E-state index in [9.17, 15) is 14.7 Å². The zero-order valence-corrected chi connectivity index (χ0v) is 12.2.